The monoisotopic (exact) mass is 272 g/mol. The number of nitrogens with zero attached hydrogens (tertiary/aromatic N) is 2. The average molecular weight is 272 g/mol. The largest absolute Gasteiger partial charge is 0.432 e. The molecule has 7 heteroatoms. The Hall–Kier alpha value is -2.96. The van der Waals surface area contributed by atoms with Crippen molar-refractivity contribution >= 4 is 11.5 Å². The van der Waals surface area contributed by atoms with Gasteiger partial charge in [-0.3, -0.25) is 15.5 Å². The number of nitrogens with two attached hydrogens (primary N) is 1. The summed E-state index contributed by atoms with van der Waals surface area (Å²) in [5, 5.41) is 18.2. The normalized spacial score (nSPS) is 10.1. The van der Waals surface area contributed by atoms with Crippen LogP contribution in [0.15, 0.2) is 36.5 Å². The molecule has 0 fully saturated rings. The first-order valence-corrected chi connectivity index (χ1v) is 5.70. The maximum absolute atomic E-state index is 10.9. The van der Waals surface area contributed by atoms with Gasteiger partial charge in [-0.05, 0) is 24.6 Å². The van der Waals surface area contributed by atoms with Crippen LogP contribution in [-0.2, 0) is 0 Å². The summed E-state index contributed by atoms with van der Waals surface area (Å²) in [5.74, 6) is 0.215. The third-order valence-corrected chi connectivity index (χ3v) is 2.57. The molecule has 1 aromatic carbocycles. The number of ether oxygens (including phenoxy) is 1. The molecule has 0 aliphatic carbocycles. The standard InChI is InChI=1S/C13H12N4O3/c1-8-2-4-10(17(18)19)11(6-8)20-12-5-3-9(7-16-12)13(14)15/h2-7H,1H3,(H3,14,15). The Morgan fingerprint density at radius 1 is 1.40 bits per heavy atom. The van der Waals surface area contributed by atoms with Crippen molar-refractivity contribution < 1.29 is 9.66 Å². The molecule has 0 saturated carbocycles. The molecule has 0 atom stereocenters. The Morgan fingerprint density at radius 3 is 2.70 bits per heavy atom. The molecule has 1 aromatic heterocycles. The number of aromatic nitrogens is 1. The number of benzene rings is 1. The van der Waals surface area contributed by atoms with Crippen LogP contribution >= 0.6 is 0 Å². The number of rotatable bonds is 4. The summed E-state index contributed by atoms with van der Waals surface area (Å²) in [6.07, 6.45) is 1.37. The molecule has 0 aliphatic heterocycles. The smallest absolute Gasteiger partial charge is 0.311 e. The van der Waals surface area contributed by atoms with Crippen LogP contribution in [0.4, 0.5) is 5.69 Å². The molecule has 0 aliphatic rings. The van der Waals surface area contributed by atoms with Crippen molar-refractivity contribution in [2.75, 3.05) is 0 Å². The van der Waals surface area contributed by atoms with Gasteiger partial charge < -0.3 is 10.5 Å². The number of amidine groups is 1. The Bertz CT molecular complexity index is 668. The first kappa shape index (κ1) is 13.5. The summed E-state index contributed by atoms with van der Waals surface area (Å²) in [4.78, 5) is 14.4. The SMILES string of the molecule is Cc1ccc([N+](=O)[O-])c(Oc2ccc(C(=N)N)cn2)c1. The van der Waals surface area contributed by atoms with Crippen molar-refractivity contribution in [2.24, 2.45) is 5.73 Å². The van der Waals surface area contributed by atoms with Gasteiger partial charge in [-0.1, -0.05) is 6.07 Å². The third kappa shape index (κ3) is 2.89. The molecular formula is C13H12N4O3. The minimum absolute atomic E-state index is 0.106. The number of nitro groups is 1. The number of hydrogen-bond acceptors (Lipinski definition) is 5. The van der Waals surface area contributed by atoms with Crippen LogP contribution in [0.25, 0.3) is 0 Å². The summed E-state index contributed by atoms with van der Waals surface area (Å²) in [6, 6.07) is 7.65. The van der Waals surface area contributed by atoms with Crippen molar-refractivity contribution in [3.05, 3.63) is 57.8 Å². The van der Waals surface area contributed by atoms with Gasteiger partial charge in [0.1, 0.15) is 5.84 Å². The molecule has 0 bridgehead atoms. The van der Waals surface area contributed by atoms with Gasteiger partial charge in [0.25, 0.3) is 0 Å². The zero-order valence-electron chi connectivity index (χ0n) is 10.7. The van der Waals surface area contributed by atoms with E-state index in [1.165, 1.54) is 18.3 Å². The molecule has 0 saturated heterocycles. The van der Waals surface area contributed by atoms with Crippen LogP contribution in [0.5, 0.6) is 11.6 Å². The van der Waals surface area contributed by atoms with Crippen molar-refractivity contribution in [3.8, 4) is 11.6 Å². The Morgan fingerprint density at radius 2 is 2.15 bits per heavy atom. The van der Waals surface area contributed by atoms with E-state index in [1.54, 1.807) is 18.2 Å². The number of hydrogen-bond donors (Lipinski definition) is 2. The van der Waals surface area contributed by atoms with Gasteiger partial charge >= 0.3 is 5.69 Å². The van der Waals surface area contributed by atoms with Crippen molar-refractivity contribution in [1.82, 2.24) is 4.98 Å². The van der Waals surface area contributed by atoms with Crippen molar-refractivity contribution in [3.63, 3.8) is 0 Å². The van der Waals surface area contributed by atoms with E-state index in [9.17, 15) is 10.1 Å². The molecule has 0 amide bonds. The molecule has 102 valence electrons. The predicted octanol–water partition coefficient (Wildman–Crippen LogP) is 2.37. The molecule has 0 radical (unpaired) electrons. The zero-order valence-corrected chi connectivity index (χ0v) is 10.7. The first-order chi connectivity index (χ1) is 9.47. The number of nitrogen functional groups attached to an aromatic ring is 1. The number of aryl methyl sites for hydroxylation is 1. The highest BCUT2D eigenvalue weighted by molar-refractivity contribution is 5.94. The van der Waals surface area contributed by atoms with Gasteiger partial charge in [-0.15, -0.1) is 0 Å². The maximum Gasteiger partial charge on any atom is 0.311 e. The van der Waals surface area contributed by atoms with E-state index < -0.39 is 4.92 Å². The van der Waals surface area contributed by atoms with E-state index in [1.807, 2.05) is 6.92 Å². The summed E-state index contributed by atoms with van der Waals surface area (Å²) in [7, 11) is 0. The van der Waals surface area contributed by atoms with Crippen LogP contribution in [0.3, 0.4) is 0 Å². The fourth-order valence-corrected chi connectivity index (χ4v) is 1.57. The summed E-state index contributed by atoms with van der Waals surface area (Å²) in [5.41, 5.74) is 6.48. The predicted molar refractivity (Wildman–Crippen MR) is 73.2 cm³/mol. The van der Waals surface area contributed by atoms with Gasteiger partial charge in [0.15, 0.2) is 0 Å². The molecule has 3 N–H and O–H groups in total. The first-order valence-electron chi connectivity index (χ1n) is 5.70. The molecule has 2 aromatic rings. The quantitative estimate of drug-likeness (QED) is 0.383. The lowest BCUT2D eigenvalue weighted by molar-refractivity contribution is -0.385. The lowest BCUT2D eigenvalue weighted by Gasteiger charge is -2.06. The summed E-state index contributed by atoms with van der Waals surface area (Å²) < 4.78 is 5.42. The minimum Gasteiger partial charge on any atom is -0.432 e. The van der Waals surface area contributed by atoms with Gasteiger partial charge in [0.05, 0.1) is 4.92 Å². The second kappa shape index (κ2) is 5.35. The summed E-state index contributed by atoms with van der Waals surface area (Å²) >= 11 is 0. The van der Waals surface area contributed by atoms with Crippen LogP contribution in [0.2, 0.25) is 0 Å². The molecule has 1 heterocycles. The molecule has 0 unspecified atom stereocenters. The second-order valence-corrected chi connectivity index (χ2v) is 4.13. The third-order valence-electron chi connectivity index (χ3n) is 2.57. The van der Waals surface area contributed by atoms with Gasteiger partial charge in [0, 0.05) is 23.9 Å². The van der Waals surface area contributed by atoms with Crippen LogP contribution in [0.1, 0.15) is 11.1 Å². The Labute approximate surface area is 114 Å². The van der Waals surface area contributed by atoms with E-state index in [-0.39, 0.29) is 23.2 Å². The average Bonchev–Trinajstić information content (AvgIpc) is 2.39. The zero-order chi connectivity index (χ0) is 14.7. The number of pyridine rings is 1. The van der Waals surface area contributed by atoms with E-state index >= 15 is 0 Å². The highest BCUT2D eigenvalue weighted by Gasteiger charge is 2.16. The topological polar surface area (TPSA) is 115 Å². The van der Waals surface area contributed by atoms with Crippen LogP contribution < -0.4 is 10.5 Å². The van der Waals surface area contributed by atoms with Crippen LogP contribution in [0, 0.1) is 22.4 Å². The highest BCUT2D eigenvalue weighted by atomic mass is 16.6. The van der Waals surface area contributed by atoms with E-state index in [0.29, 0.717) is 5.56 Å². The molecular weight excluding hydrogens is 260 g/mol. The number of nitrogens with one attached hydrogen (secondary N) is 1. The molecule has 7 nitrogen and oxygen atoms in total. The molecule has 20 heavy (non-hydrogen) atoms. The number of nitro benzene ring substituents is 1. The van der Waals surface area contributed by atoms with Crippen LogP contribution in [-0.4, -0.2) is 15.7 Å². The second-order valence-electron chi connectivity index (χ2n) is 4.13. The maximum atomic E-state index is 10.9. The fourth-order valence-electron chi connectivity index (χ4n) is 1.57. The van der Waals surface area contributed by atoms with E-state index in [4.69, 9.17) is 15.9 Å². The van der Waals surface area contributed by atoms with Crippen molar-refractivity contribution in [1.29, 1.82) is 5.41 Å². The molecule has 2 rings (SSSR count). The fraction of sp³-hybridized carbons (Fsp3) is 0.0769. The summed E-state index contributed by atoms with van der Waals surface area (Å²) in [6.45, 7) is 1.81. The molecule has 0 spiro atoms. The van der Waals surface area contributed by atoms with Crippen molar-refractivity contribution in [2.45, 2.75) is 6.92 Å². The van der Waals surface area contributed by atoms with E-state index in [0.717, 1.165) is 5.56 Å². The van der Waals surface area contributed by atoms with Gasteiger partial charge in [-0.2, -0.15) is 0 Å². The lowest BCUT2D eigenvalue weighted by Crippen LogP contribution is -2.11. The van der Waals surface area contributed by atoms with E-state index in [2.05, 4.69) is 4.98 Å². The van der Waals surface area contributed by atoms with Gasteiger partial charge in [-0.25, -0.2) is 4.98 Å². The Kier molecular flexibility index (Phi) is 3.60. The van der Waals surface area contributed by atoms with Gasteiger partial charge in [0.2, 0.25) is 11.6 Å². The highest BCUT2D eigenvalue weighted by Crippen LogP contribution is 2.31. The minimum atomic E-state index is -0.515. The Balaban J connectivity index is 2.31. The lowest BCUT2D eigenvalue weighted by atomic mass is 10.2.